The van der Waals surface area contributed by atoms with E-state index in [0.717, 1.165) is 16.7 Å². The highest BCUT2D eigenvalue weighted by molar-refractivity contribution is 5.75. The van der Waals surface area contributed by atoms with Crippen LogP contribution in [0.3, 0.4) is 0 Å². The number of hydrogen-bond donors (Lipinski definition) is 1. The van der Waals surface area contributed by atoms with Gasteiger partial charge in [-0.05, 0) is 61.2 Å². The molecule has 194 valence electrons. The van der Waals surface area contributed by atoms with Gasteiger partial charge in [-0.15, -0.1) is 0 Å². The molecular formula is C29H27N3O6. The molecule has 0 radical (unpaired) electrons. The summed E-state index contributed by atoms with van der Waals surface area (Å²) in [7, 11) is 0. The molecule has 1 aromatic heterocycles. The number of aliphatic carboxylic acids is 1. The lowest BCUT2D eigenvalue weighted by atomic mass is 9.90. The first-order valence-electron chi connectivity index (χ1n) is 12.3. The third-order valence-corrected chi connectivity index (χ3v) is 6.50. The van der Waals surface area contributed by atoms with E-state index in [1.165, 1.54) is 4.90 Å². The summed E-state index contributed by atoms with van der Waals surface area (Å²) in [6.07, 6.45) is -0.0737. The van der Waals surface area contributed by atoms with Crippen molar-refractivity contribution in [2.75, 3.05) is 13.1 Å². The molecule has 1 N–H and O–H groups in total. The van der Waals surface area contributed by atoms with Gasteiger partial charge in [0.2, 0.25) is 5.82 Å². The van der Waals surface area contributed by atoms with Crippen LogP contribution in [-0.2, 0) is 17.8 Å². The van der Waals surface area contributed by atoms with Gasteiger partial charge in [-0.1, -0.05) is 53.2 Å². The van der Waals surface area contributed by atoms with Gasteiger partial charge in [0.15, 0.2) is 6.61 Å². The lowest BCUT2D eigenvalue weighted by molar-refractivity contribution is -0.142. The maximum atomic E-state index is 12.6. The lowest BCUT2D eigenvalue weighted by Gasteiger charge is -2.16. The van der Waals surface area contributed by atoms with Crippen molar-refractivity contribution in [1.29, 1.82) is 0 Å². The highest BCUT2D eigenvalue weighted by Gasteiger charge is 2.40. The number of rotatable bonds is 8. The summed E-state index contributed by atoms with van der Waals surface area (Å²) in [4.78, 5) is 30.4. The minimum atomic E-state index is -0.932. The summed E-state index contributed by atoms with van der Waals surface area (Å²) in [6.45, 7) is 2.52. The Kier molecular flexibility index (Phi) is 7.35. The number of para-hydroxylation sites is 1. The molecule has 2 heterocycles. The fraction of sp³-hybridized carbons (Fsp3) is 0.241. The summed E-state index contributed by atoms with van der Waals surface area (Å²) in [5, 5.41) is 13.8. The van der Waals surface area contributed by atoms with Crippen LogP contribution in [-0.4, -0.2) is 45.3 Å². The van der Waals surface area contributed by atoms with Crippen LogP contribution < -0.4 is 9.47 Å². The van der Waals surface area contributed by atoms with Crippen LogP contribution in [0.25, 0.3) is 11.5 Å². The maximum Gasteiger partial charge on any atom is 0.415 e. The largest absolute Gasteiger partial charge is 0.485 e. The molecule has 3 aromatic carbocycles. The molecule has 0 aliphatic carbocycles. The smallest absolute Gasteiger partial charge is 0.415 e. The number of carboxylic acid groups (broad SMARTS) is 1. The maximum absolute atomic E-state index is 12.6. The van der Waals surface area contributed by atoms with E-state index in [4.69, 9.17) is 14.0 Å². The molecule has 5 rings (SSSR count). The molecule has 1 fully saturated rings. The van der Waals surface area contributed by atoms with Gasteiger partial charge in [0, 0.05) is 18.7 Å². The van der Waals surface area contributed by atoms with E-state index < -0.39 is 18.0 Å². The van der Waals surface area contributed by atoms with E-state index in [1.807, 2.05) is 61.5 Å². The Hall–Kier alpha value is -4.66. The zero-order chi connectivity index (χ0) is 26.5. The van der Waals surface area contributed by atoms with Gasteiger partial charge in [-0.25, -0.2) is 4.79 Å². The molecule has 0 saturated carbocycles. The summed E-state index contributed by atoms with van der Waals surface area (Å²) in [5.41, 5.74) is 2.89. The third-order valence-electron chi connectivity index (χ3n) is 6.50. The van der Waals surface area contributed by atoms with E-state index in [1.54, 1.807) is 24.3 Å². The van der Waals surface area contributed by atoms with Crippen molar-refractivity contribution >= 4 is 12.1 Å². The molecule has 1 saturated heterocycles. The number of likely N-dealkylation sites (tertiary alicyclic amines) is 1. The Morgan fingerprint density at radius 1 is 1.00 bits per heavy atom. The van der Waals surface area contributed by atoms with Crippen LogP contribution in [0.2, 0.25) is 0 Å². The molecule has 1 aliphatic heterocycles. The van der Waals surface area contributed by atoms with Gasteiger partial charge < -0.3 is 24.0 Å². The summed E-state index contributed by atoms with van der Waals surface area (Å²) < 4.78 is 16.6. The summed E-state index contributed by atoms with van der Waals surface area (Å²) in [6, 6.07) is 24.0. The van der Waals surface area contributed by atoms with Crippen molar-refractivity contribution in [2.24, 2.45) is 11.8 Å². The average Bonchev–Trinajstić information content (AvgIpc) is 3.57. The van der Waals surface area contributed by atoms with Crippen LogP contribution in [0.5, 0.6) is 11.5 Å². The number of carboxylic acids is 1. The van der Waals surface area contributed by atoms with Gasteiger partial charge in [0.25, 0.3) is 5.89 Å². The first-order chi connectivity index (χ1) is 18.4. The van der Waals surface area contributed by atoms with Crippen molar-refractivity contribution < 1.29 is 28.7 Å². The molecule has 1 aliphatic rings. The average molecular weight is 514 g/mol. The van der Waals surface area contributed by atoms with Crippen molar-refractivity contribution in [1.82, 2.24) is 15.0 Å². The Bertz CT molecular complexity index is 1400. The number of nitrogens with zero attached hydrogens (tertiary/aromatic N) is 3. The Labute approximate surface area is 219 Å². The molecule has 2 atom stereocenters. The zero-order valence-electron chi connectivity index (χ0n) is 20.8. The van der Waals surface area contributed by atoms with E-state index in [9.17, 15) is 14.7 Å². The van der Waals surface area contributed by atoms with Crippen LogP contribution >= 0.6 is 0 Å². The normalized spacial score (nSPS) is 16.8. The van der Waals surface area contributed by atoms with Crippen molar-refractivity contribution in [2.45, 2.75) is 20.0 Å². The van der Waals surface area contributed by atoms with Gasteiger partial charge in [-0.2, -0.15) is 4.98 Å². The number of hydrogen-bond acceptors (Lipinski definition) is 7. The second kappa shape index (κ2) is 11.2. The Balaban J connectivity index is 1.20. The Morgan fingerprint density at radius 3 is 2.53 bits per heavy atom. The van der Waals surface area contributed by atoms with E-state index in [0.29, 0.717) is 36.2 Å². The molecule has 0 bridgehead atoms. The minimum Gasteiger partial charge on any atom is -0.485 e. The van der Waals surface area contributed by atoms with Crippen LogP contribution in [0, 0.1) is 18.8 Å². The van der Waals surface area contributed by atoms with Crippen molar-refractivity contribution in [3.05, 3.63) is 95.8 Å². The number of aryl methyl sites for hydroxylation is 1. The number of ether oxygens (including phenoxy) is 2. The number of amides is 1. The first kappa shape index (κ1) is 25.0. The van der Waals surface area contributed by atoms with Gasteiger partial charge >= 0.3 is 12.1 Å². The second-order valence-electron chi connectivity index (χ2n) is 9.31. The minimum absolute atomic E-state index is 0.100. The molecule has 9 heteroatoms. The van der Waals surface area contributed by atoms with E-state index in [-0.39, 0.29) is 19.1 Å². The molecule has 0 spiro atoms. The van der Waals surface area contributed by atoms with Crippen LogP contribution in [0.4, 0.5) is 4.79 Å². The third kappa shape index (κ3) is 6.00. The summed E-state index contributed by atoms with van der Waals surface area (Å²) in [5.74, 6) is -0.0183. The first-order valence-corrected chi connectivity index (χ1v) is 12.3. The predicted octanol–water partition coefficient (Wildman–Crippen LogP) is 5.00. The van der Waals surface area contributed by atoms with E-state index in [2.05, 4.69) is 10.1 Å². The highest BCUT2D eigenvalue weighted by Crippen LogP contribution is 2.29. The lowest BCUT2D eigenvalue weighted by Crippen LogP contribution is -2.32. The number of aromatic nitrogens is 2. The monoisotopic (exact) mass is 513 g/mol. The topological polar surface area (TPSA) is 115 Å². The van der Waals surface area contributed by atoms with Crippen LogP contribution in [0.1, 0.15) is 17.0 Å². The van der Waals surface area contributed by atoms with Crippen molar-refractivity contribution in [3.63, 3.8) is 0 Å². The standard InChI is InChI=1S/C29H27N3O6/c1-19-10-12-21(13-11-19)27-30-26(31-38-27)18-36-24-9-5-6-20(15-24)14-22-16-32(17-25(22)28(33)34)29(35)37-23-7-3-2-4-8-23/h2-13,15,22,25H,14,16-18H2,1H3,(H,33,34)/t22-,25+/m1/s1. The van der Waals surface area contributed by atoms with Gasteiger partial charge in [0.1, 0.15) is 11.5 Å². The second-order valence-corrected chi connectivity index (χ2v) is 9.31. The van der Waals surface area contributed by atoms with Crippen LogP contribution in [0.15, 0.2) is 83.4 Å². The molecule has 38 heavy (non-hydrogen) atoms. The number of benzene rings is 3. The number of carbonyl (C=O) groups is 2. The predicted molar refractivity (Wildman–Crippen MR) is 138 cm³/mol. The quantitative estimate of drug-likeness (QED) is 0.350. The fourth-order valence-electron chi connectivity index (χ4n) is 4.50. The Morgan fingerprint density at radius 2 is 1.76 bits per heavy atom. The fourth-order valence-corrected chi connectivity index (χ4v) is 4.50. The SMILES string of the molecule is Cc1ccc(-c2nc(COc3cccc(C[C@@H]4CN(C(=O)Oc5ccccc5)C[C@@H]4C(=O)O)c3)no2)cc1. The molecule has 9 nitrogen and oxygen atoms in total. The van der Waals surface area contributed by atoms with E-state index >= 15 is 0 Å². The highest BCUT2D eigenvalue weighted by atomic mass is 16.6. The zero-order valence-corrected chi connectivity index (χ0v) is 20.8. The van der Waals surface area contributed by atoms with Gasteiger partial charge in [0.05, 0.1) is 5.92 Å². The molecular weight excluding hydrogens is 486 g/mol. The molecule has 0 unspecified atom stereocenters. The summed E-state index contributed by atoms with van der Waals surface area (Å²) >= 11 is 0. The van der Waals surface area contributed by atoms with Gasteiger partial charge in [-0.3, -0.25) is 4.79 Å². The van der Waals surface area contributed by atoms with Crippen molar-refractivity contribution in [3.8, 4) is 23.0 Å². The number of carbonyl (C=O) groups excluding carboxylic acids is 1. The molecule has 1 amide bonds. The molecule has 4 aromatic rings.